The highest BCUT2D eigenvalue weighted by molar-refractivity contribution is 5.56. The van der Waals surface area contributed by atoms with Crippen LogP contribution in [0, 0.1) is 6.92 Å². The van der Waals surface area contributed by atoms with Gasteiger partial charge in [0.2, 0.25) is 6.29 Å². The van der Waals surface area contributed by atoms with Gasteiger partial charge in [0.15, 0.2) is 0 Å². The van der Waals surface area contributed by atoms with Gasteiger partial charge in [0, 0.05) is 31.1 Å². The number of hydrogen-bond donors (Lipinski definition) is 1. The molecule has 1 aromatic carbocycles. The molecule has 0 aromatic heterocycles. The van der Waals surface area contributed by atoms with Crippen molar-refractivity contribution < 1.29 is 19.3 Å². The Morgan fingerprint density at radius 3 is 2.74 bits per heavy atom. The van der Waals surface area contributed by atoms with E-state index in [2.05, 4.69) is 13.8 Å². The minimum Gasteiger partial charge on any atom is -0.508 e. The zero-order valence-electron chi connectivity index (χ0n) is 11.8. The lowest BCUT2D eigenvalue weighted by Crippen LogP contribution is -2.36. The second-order valence-electron chi connectivity index (χ2n) is 5.48. The molecule has 0 radical (unpaired) electrons. The van der Waals surface area contributed by atoms with Crippen molar-refractivity contribution in [3.8, 4) is 11.5 Å². The molecular weight excluding hydrogens is 244 g/mol. The van der Waals surface area contributed by atoms with Crippen molar-refractivity contribution in [2.45, 2.75) is 51.6 Å². The van der Waals surface area contributed by atoms with Crippen molar-refractivity contribution in [3.05, 3.63) is 22.8 Å². The largest absolute Gasteiger partial charge is 0.508 e. The molecule has 0 saturated carbocycles. The van der Waals surface area contributed by atoms with Crippen LogP contribution < -0.4 is 4.74 Å². The van der Waals surface area contributed by atoms with Gasteiger partial charge < -0.3 is 19.3 Å². The first-order valence-electron chi connectivity index (χ1n) is 6.74. The van der Waals surface area contributed by atoms with Crippen LogP contribution in [0.5, 0.6) is 11.5 Å². The van der Waals surface area contributed by atoms with Crippen LogP contribution in [-0.2, 0) is 9.47 Å². The maximum atomic E-state index is 10.1. The Hall–Kier alpha value is -1.26. The van der Waals surface area contributed by atoms with Gasteiger partial charge in [-0.15, -0.1) is 0 Å². The van der Waals surface area contributed by atoms with Crippen LogP contribution in [0.4, 0.5) is 0 Å². The first-order chi connectivity index (χ1) is 9.02. The summed E-state index contributed by atoms with van der Waals surface area (Å²) in [5.74, 6) is 1.23. The molecule has 3 rings (SSSR count). The van der Waals surface area contributed by atoms with Crippen LogP contribution in [0.1, 0.15) is 49.0 Å². The van der Waals surface area contributed by atoms with E-state index in [1.54, 1.807) is 13.2 Å². The van der Waals surface area contributed by atoms with E-state index in [0.29, 0.717) is 12.2 Å². The van der Waals surface area contributed by atoms with Gasteiger partial charge in [0.25, 0.3) is 0 Å². The standard InChI is InChI=1S/C15H20O4/c1-7-9(3)18-12-6-13(17-4)19-11-5-10(16)8(2)14(7)15(11)12/h5,7,9,12-13,16H,6H2,1-4H3/t7-,9-,12-,13+/m1/s1. The number of methoxy groups -OCH3 is 1. The summed E-state index contributed by atoms with van der Waals surface area (Å²) in [6.07, 6.45) is 0.501. The van der Waals surface area contributed by atoms with E-state index < -0.39 is 0 Å². The lowest BCUT2D eigenvalue weighted by atomic mass is 9.81. The quantitative estimate of drug-likeness (QED) is 0.847. The zero-order valence-corrected chi connectivity index (χ0v) is 11.8. The number of phenolic OH excluding ortho intramolecular Hbond substituents is 1. The lowest BCUT2D eigenvalue weighted by molar-refractivity contribution is -0.129. The molecule has 1 N–H and O–H groups in total. The fourth-order valence-corrected chi connectivity index (χ4v) is 3.16. The van der Waals surface area contributed by atoms with Crippen LogP contribution in [0.25, 0.3) is 0 Å². The molecule has 4 atom stereocenters. The summed E-state index contributed by atoms with van der Waals surface area (Å²) in [6, 6.07) is 1.68. The molecule has 0 amide bonds. The molecular formula is C15H20O4. The van der Waals surface area contributed by atoms with Gasteiger partial charge in [-0.1, -0.05) is 6.92 Å². The molecule has 0 aliphatic carbocycles. The zero-order chi connectivity index (χ0) is 13.7. The molecule has 0 unspecified atom stereocenters. The van der Waals surface area contributed by atoms with E-state index in [1.807, 2.05) is 6.92 Å². The molecule has 2 aliphatic rings. The third kappa shape index (κ3) is 1.82. The topological polar surface area (TPSA) is 47.9 Å². The monoisotopic (exact) mass is 264 g/mol. The van der Waals surface area contributed by atoms with Crippen molar-refractivity contribution in [2.24, 2.45) is 0 Å². The van der Waals surface area contributed by atoms with Crippen molar-refractivity contribution >= 4 is 0 Å². The van der Waals surface area contributed by atoms with Gasteiger partial charge in [-0.3, -0.25) is 0 Å². The van der Waals surface area contributed by atoms with Gasteiger partial charge in [-0.2, -0.15) is 0 Å². The summed E-state index contributed by atoms with van der Waals surface area (Å²) in [5.41, 5.74) is 3.20. The predicted octanol–water partition coefficient (Wildman–Crippen LogP) is 3.02. The lowest BCUT2D eigenvalue weighted by Gasteiger charge is -2.41. The summed E-state index contributed by atoms with van der Waals surface area (Å²) in [6.45, 7) is 6.17. The van der Waals surface area contributed by atoms with E-state index >= 15 is 0 Å². The highest BCUT2D eigenvalue weighted by atomic mass is 16.7. The Morgan fingerprint density at radius 2 is 2.05 bits per heavy atom. The number of aromatic hydroxyl groups is 1. The summed E-state index contributed by atoms with van der Waals surface area (Å²) in [7, 11) is 1.62. The van der Waals surface area contributed by atoms with Gasteiger partial charge in [-0.25, -0.2) is 0 Å². The SMILES string of the molecule is CO[C@@H]1C[C@H]2O[C@H](C)[C@@H](C)c3c(C)c(O)cc(c32)O1. The average molecular weight is 264 g/mol. The number of phenols is 1. The number of rotatable bonds is 1. The Kier molecular flexibility index (Phi) is 2.95. The molecule has 4 nitrogen and oxygen atoms in total. The molecule has 0 fully saturated rings. The van der Waals surface area contributed by atoms with Crippen LogP contribution in [0.2, 0.25) is 0 Å². The number of ether oxygens (including phenoxy) is 3. The van der Waals surface area contributed by atoms with Crippen molar-refractivity contribution in [3.63, 3.8) is 0 Å². The third-order valence-corrected chi connectivity index (χ3v) is 4.40. The van der Waals surface area contributed by atoms with Crippen LogP contribution in [0.3, 0.4) is 0 Å². The van der Waals surface area contributed by atoms with E-state index in [4.69, 9.17) is 14.2 Å². The van der Waals surface area contributed by atoms with Crippen molar-refractivity contribution in [2.75, 3.05) is 7.11 Å². The molecule has 0 saturated heterocycles. The summed E-state index contributed by atoms with van der Waals surface area (Å²) in [5, 5.41) is 10.1. The smallest absolute Gasteiger partial charge is 0.202 e. The van der Waals surface area contributed by atoms with E-state index in [0.717, 1.165) is 11.1 Å². The number of benzene rings is 1. The maximum Gasteiger partial charge on any atom is 0.202 e. The molecule has 1 aromatic rings. The highest BCUT2D eigenvalue weighted by Gasteiger charge is 2.40. The van der Waals surface area contributed by atoms with Crippen LogP contribution in [0.15, 0.2) is 6.07 Å². The van der Waals surface area contributed by atoms with Gasteiger partial charge in [-0.05, 0) is 25.0 Å². The first-order valence-corrected chi connectivity index (χ1v) is 6.74. The predicted molar refractivity (Wildman–Crippen MR) is 70.6 cm³/mol. The summed E-state index contributed by atoms with van der Waals surface area (Å²) >= 11 is 0. The van der Waals surface area contributed by atoms with Crippen LogP contribution in [-0.4, -0.2) is 24.6 Å². The Bertz CT molecular complexity index is 511. The van der Waals surface area contributed by atoms with E-state index in [1.165, 1.54) is 5.56 Å². The Morgan fingerprint density at radius 1 is 1.32 bits per heavy atom. The second-order valence-corrected chi connectivity index (χ2v) is 5.48. The maximum absolute atomic E-state index is 10.1. The average Bonchev–Trinajstić information content (AvgIpc) is 2.38. The molecule has 2 heterocycles. The fraction of sp³-hybridized carbons (Fsp3) is 0.600. The Balaban J connectivity index is 2.20. The normalized spacial score (nSPS) is 32.6. The minimum atomic E-state index is -0.312. The van der Waals surface area contributed by atoms with Crippen molar-refractivity contribution in [1.82, 2.24) is 0 Å². The molecule has 19 heavy (non-hydrogen) atoms. The van der Waals surface area contributed by atoms with Crippen molar-refractivity contribution in [1.29, 1.82) is 0 Å². The van der Waals surface area contributed by atoms with E-state index in [-0.39, 0.29) is 30.2 Å². The summed E-state index contributed by atoms with van der Waals surface area (Å²) in [4.78, 5) is 0. The molecule has 2 aliphatic heterocycles. The molecule has 4 heteroatoms. The van der Waals surface area contributed by atoms with Gasteiger partial charge in [0.1, 0.15) is 11.5 Å². The molecule has 0 spiro atoms. The summed E-state index contributed by atoms with van der Waals surface area (Å²) < 4.78 is 17.2. The molecule has 0 bridgehead atoms. The van der Waals surface area contributed by atoms with Crippen LogP contribution >= 0.6 is 0 Å². The highest BCUT2D eigenvalue weighted by Crippen LogP contribution is 2.50. The minimum absolute atomic E-state index is 0.00537. The number of hydrogen-bond acceptors (Lipinski definition) is 4. The van der Waals surface area contributed by atoms with Gasteiger partial charge >= 0.3 is 0 Å². The molecule has 104 valence electrons. The van der Waals surface area contributed by atoms with E-state index in [9.17, 15) is 5.11 Å². The Labute approximate surface area is 113 Å². The fourth-order valence-electron chi connectivity index (χ4n) is 3.16. The first kappa shape index (κ1) is 12.8. The van der Waals surface area contributed by atoms with Gasteiger partial charge in [0.05, 0.1) is 12.2 Å². The second kappa shape index (κ2) is 4.39. The third-order valence-electron chi connectivity index (χ3n) is 4.40.